The zero-order valence-electron chi connectivity index (χ0n) is 21.1. The molecule has 0 bridgehead atoms. The van der Waals surface area contributed by atoms with Gasteiger partial charge in [0.1, 0.15) is 11.6 Å². The van der Waals surface area contributed by atoms with E-state index in [2.05, 4.69) is 0 Å². The van der Waals surface area contributed by atoms with Gasteiger partial charge in [-0.3, -0.25) is 9.59 Å². The molecule has 2 aromatic rings. The van der Waals surface area contributed by atoms with Gasteiger partial charge in [0, 0.05) is 43.6 Å². The van der Waals surface area contributed by atoms with Crippen molar-refractivity contribution >= 4 is 11.8 Å². The van der Waals surface area contributed by atoms with Gasteiger partial charge in [-0.25, -0.2) is 4.39 Å². The van der Waals surface area contributed by atoms with Crippen LogP contribution in [-0.2, 0) is 4.79 Å². The van der Waals surface area contributed by atoms with E-state index < -0.39 is 5.41 Å². The molecule has 1 atom stereocenters. The molecule has 0 aromatic heterocycles. The zero-order chi connectivity index (χ0) is 25.5. The van der Waals surface area contributed by atoms with E-state index in [0.717, 1.165) is 45.2 Å². The van der Waals surface area contributed by atoms with Gasteiger partial charge in [-0.05, 0) is 74.6 Å². The van der Waals surface area contributed by atoms with Gasteiger partial charge in [0.05, 0.1) is 20.8 Å². The molecule has 0 saturated carbocycles. The minimum absolute atomic E-state index is 0.109. The number of ether oxygens (including phenoxy) is 3. The molecule has 7 nitrogen and oxygen atoms in total. The number of hydrogen-bond acceptors (Lipinski definition) is 5. The first-order chi connectivity index (χ1) is 17.4. The lowest BCUT2D eigenvalue weighted by Crippen LogP contribution is -2.51. The van der Waals surface area contributed by atoms with Crippen LogP contribution in [-0.4, -0.2) is 68.6 Å². The molecule has 4 rings (SSSR count). The summed E-state index contributed by atoms with van der Waals surface area (Å²) in [6.07, 6.45) is 5.03. The van der Waals surface area contributed by atoms with Gasteiger partial charge >= 0.3 is 0 Å². The first kappa shape index (κ1) is 25.8. The summed E-state index contributed by atoms with van der Waals surface area (Å²) < 4.78 is 30.1. The molecule has 2 saturated heterocycles. The van der Waals surface area contributed by atoms with Crippen LogP contribution >= 0.6 is 0 Å². The molecule has 2 amide bonds. The molecular formula is C28H35FN2O5. The van der Waals surface area contributed by atoms with Crippen LogP contribution in [0, 0.1) is 11.2 Å². The van der Waals surface area contributed by atoms with Gasteiger partial charge in [0.25, 0.3) is 5.91 Å². The van der Waals surface area contributed by atoms with Crippen molar-refractivity contribution in [2.24, 2.45) is 5.41 Å². The second-order valence-corrected chi connectivity index (χ2v) is 9.76. The monoisotopic (exact) mass is 498 g/mol. The number of likely N-dealkylation sites (tertiary alicyclic amines) is 2. The Morgan fingerprint density at radius 2 is 1.58 bits per heavy atom. The topological polar surface area (TPSA) is 68.3 Å². The lowest BCUT2D eigenvalue weighted by atomic mass is 9.77. The van der Waals surface area contributed by atoms with Crippen molar-refractivity contribution in [2.75, 3.05) is 47.0 Å². The van der Waals surface area contributed by atoms with E-state index in [9.17, 15) is 14.0 Å². The molecule has 0 radical (unpaired) electrons. The summed E-state index contributed by atoms with van der Waals surface area (Å²) in [5.41, 5.74) is -0.0295. The summed E-state index contributed by atoms with van der Waals surface area (Å²) in [6.45, 7) is 2.84. The van der Waals surface area contributed by atoms with E-state index in [1.165, 1.54) is 19.2 Å². The van der Waals surface area contributed by atoms with Crippen LogP contribution < -0.4 is 14.2 Å². The molecule has 2 aliphatic rings. The van der Waals surface area contributed by atoms with Crippen LogP contribution in [0.4, 0.5) is 4.39 Å². The molecule has 2 aromatic carbocycles. The van der Waals surface area contributed by atoms with Gasteiger partial charge in [-0.2, -0.15) is 0 Å². The minimum atomic E-state index is -0.534. The molecule has 2 aliphatic heterocycles. The summed E-state index contributed by atoms with van der Waals surface area (Å²) >= 11 is 0. The number of piperidine rings is 2. The summed E-state index contributed by atoms with van der Waals surface area (Å²) in [6, 6.07) is 11.0. The van der Waals surface area contributed by atoms with Crippen LogP contribution in [0.15, 0.2) is 42.5 Å². The average molecular weight is 499 g/mol. The summed E-state index contributed by atoms with van der Waals surface area (Å²) in [5, 5.41) is 0. The van der Waals surface area contributed by atoms with Crippen molar-refractivity contribution in [1.82, 2.24) is 9.80 Å². The highest BCUT2D eigenvalue weighted by molar-refractivity contribution is 5.95. The van der Waals surface area contributed by atoms with Crippen LogP contribution in [0.25, 0.3) is 0 Å². The van der Waals surface area contributed by atoms with E-state index in [1.54, 1.807) is 37.4 Å². The molecule has 194 valence electrons. The highest BCUT2D eigenvalue weighted by Crippen LogP contribution is 2.37. The number of nitrogens with zero attached hydrogens (tertiary/aromatic N) is 2. The Hall–Kier alpha value is -3.29. The molecule has 1 unspecified atom stereocenters. The quantitative estimate of drug-likeness (QED) is 0.534. The fourth-order valence-corrected chi connectivity index (χ4v) is 5.19. The molecule has 0 aliphatic carbocycles. The molecular weight excluding hydrogens is 463 g/mol. The standard InChI is InChI=1S/C28H35FN2O5/c1-34-24-12-7-21(17-25(24)35-2)27(33)31-16-6-13-28(19-31,18-26(32)30-14-4-3-5-15-30)20-36-23-10-8-22(29)9-11-23/h7-12,17H,3-6,13-16,18-20H2,1-2H3. The Kier molecular flexibility index (Phi) is 8.33. The van der Waals surface area contributed by atoms with Gasteiger partial charge in [-0.1, -0.05) is 0 Å². The minimum Gasteiger partial charge on any atom is -0.493 e. The molecule has 36 heavy (non-hydrogen) atoms. The Labute approximate surface area is 212 Å². The predicted octanol–water partition coefficient (Wildman–Crippen LogP) is 4.55. The maximum atomic E-state index is 13.5. The third-order valence-electron chi connectivity index (χ3n) is 7.17. The van der Waals surface area contributed by atoms with Crippen LogP contribution in [0.1, 0.15) is 48.9 Å². The molecule has 0 N–H and O–H groups in total. The van der Waals surface area contributed by atoms with E-state index in [4.69, 9.17) is 14.2 Å². The third-order valence-corrected chi connectivity index (χ3v) is 7.17. The lowest BCUT2D eigenvalue weighted by Gasteiger charge is -2.43. The number of halogens is 1. The number of methoxy groups -OCH3 is 2. The fraction of sp³-hybridized carbons (Fsp3) is 0.500. The number of hydrogen-bond donors (Lipinski definition) is 0. The Bertz CT molecular complexity index is 1050. The Balaban J connectivity index is 1.54. The maximum absolute atomic E-state index is 13.5. The highest BCUT2D eigenvalue weighted by atomic mass is 19.1. The van der Waals surface area contributed by atoms with Gasteiger partial charge < -0.3 is 24.0 Å². The van der Waals surface area contributed by atoms with Crippen molar-refractivity contribution in [3.63, 3.8) is 0 Å². The van der Waals surface area contributed by atoms with Crippen molar-refractivity contribution < 1.29 is 28.2 Å². The molecule has 2 heterocycles. The first-order valence-electron chi connectivity index (χ1n) is 12.6. The average Bonchev–Trinajstić information content (AvgIpc) is 2.92. The van der Waals surface area contributed by atoms with Gasteiger partial charge in [0.15, 0.2) is 11.5 Å². The van der Waals surface area contributed by atoms with E-state index in [-0.39, 0.29) is 24.2 Å². The summed E-state index contributed by atoms with van der Waals surface area (Å²) in [4.78, 5) is 30.6. The molecule has 2 fully saturated rings. The first-order valence-corrected chi connectivity index (χ1v) is 12.6. The second kappa shape index (κ2) is 11.6. The number of carbonyl (C=O) groups is 2. The summed E-state index contributed by atoms with van der Waals surface area (Å²) in [5.74, 6) is 1.25. The van der Waals surface area contributed by atoms with E-state index in [1.807, 2.05) is 9.80 Å². The van der Waals surface area contributed by atoms with Crippen molar-refractivity contribution in [1.29, 1.82) is 0 Å². The largest absolute Gasteiger partial charge is 0.493 e. The smallest absolute Gasteiger partial charge is 0.254 e. The highest BCUT2D eigenvalue weighted by Gasteiger charge is 2.41. The van der Waals surface area contributed by atoms with E-state index in [0.29, 0.717) is 42.3 Å². The van der Waals surface area contributed by atoms with Gasteiger partial charge in [-0.15, -0.1) is 0 Å². The van der Waals surface area contributed by atoms with Crippen molar-refractivity contribution in [3.8, 4) is 17.2 Å². The normalized spacial score (nSPS) is 20.1. The molecule has 8 heteroatoms. The Morgan fingerprint density at radius 3 is 2.28 bits per heavy atom. The fourth-order valence-electron chi connectivity index (χ4n) is 5.19. The number of benzene rings is 2. The second-order valence-electron chi connectivity index (χ2n) is 9.76. The van der Waals surface area contributed by atoms with Crippen molar-refractivity contribution in [2.45, 2.75) is 38.5 Å². The van der Waals surface area contributed by atoms with Crippen LogP contribution in [0.2, 0.25) is 0 Å². The number of rotatable bonds is 8. The lowest BCUT2D eigenvalue weighted by molar-refractivity contribution is -0.136. The maximum Gasteiger partial charge on any atom is 0.254 e. The van der Waals surface area contributed by atoms with Crippen LogP contribution in [0.3, 0.4) is 0 Å². The predicted molar refractivity (Wildman–Crippen MR) is 134 cm³/mol. The third kappa shape index (κ3) is 6.09. The van der Waals surface area contributed by atoms with Crippen molar-refractivity contribution in [3.05, 3.63) is 53.8 Å². The SMILES string of the molecule is COc1ccc(C(=O)N2CCCC(COc3ccc(F)cc3)(CC(=O)N3CCCCC3)C2)cc1OC. The number of amides is 2. The number of carbonyl (C=O) groups excluding carboxylic acids is 2. The van der Waals surface area contributed by atoms with Gasteiger partial charge in [0.2, 0.25) is 5.91 Å². The summed E-state index contributed by atoms with van der Waals surface area (Å²) in [7, 11) is 3.09. The molecule has 0 spiro atoms. The zero-order valence-corrected chi connectivity index (χ0v) is 21.1. The van der Waals surface area contributed by atoms with E-state index >= 15 is 0 Å². The van der Waals surface area contributed by atoms with Crippen LogP contribution in [0.5, 0.6) is 17.2 Å². The Morgan fingerprint density at radius 1 is 0.889 bits per heavy atom.